The van der Waals surface area contributed by atoms with E-state index in [0.29, 0.717) is 19.6 Å². The normalized spacial score (nSPS) is 16.1. The van der Waals surface area contributed by atoms with Gasteiger partial charge in [0.15, 0.2) is 0 Å². The lowest BCUT2D eigenvalue weighted by Gasteiger charge is -2.39. The lowest BCUT2D eigenvalue weighted by molar-refractivity contribution is -0.129. The average Bonchev–Trinajstić information content (AvgIpc) is 2.44. The predicted molar refractivity (Wildman–Crippen MR) is 82.3 cm³/mol. The van der Waals surface area contributed by atoms with Gasteiger partial charge in [-0.05, 0) is 44.4 Å². The van der Waals surface area contributed by atoms with Gasteiger partial charge in [-0.3, -0.25) is 4.79 Å². The van der Waals surface area contributed by atoms with Gasteiger partial charge in [0.1, 0.15) is 5.75 Å². The number of anilines is 1. The molecule has 21 heavy (non-hydrogen) atoms. The first-order valence-electron chi connectivity index (χ1n) is 7.43. The summed E-state index contributed by atoms with van der Waals surface area (Å²) in [6, 6.07) is 5.54. The molecule has 0 saturated heterocycles. The Kier molecular flexibility index (Phi) is 5.20. The number of amides is 1. The van der Waals surface area contributed by atoms with Crippen molar-refractivity contribution in [1.29, 1.82) is 0 Å². The molecule has 2 rings (SSSR count). The number of methoxy groups -OCH3 is 1. The van der Waals surface area contributed by atoms with Crippen molar-refractivity contribution in [2.24, 2.45) is 5.73 Å². The molecule has 1 aromatic carbocycles. The molecule has 5 nitrogen and oxygen atoms in total. The Hall–Kier alpha value is -1.59. The van der Waals surface area contributed by atoms with Crippen molar-refractivity contribution in [2.45, 2.75) is 44.8 Å². The van der Waals surface area contributed by atoms with E-state index in [0.717, 1.165) is 36.3 Å². The number of nitrogens with one attached hydrogen (secondary N) is 1. The number of rotatable bonds is 7. The Morgan fingerprint density at radius 3 is 2.71 bits per heavy atom. The lowest BCUT2D eigenvalue weighted by Crippen LogP contribution is -2.42. The summed E-state index contributed by atoms with van der Waals surface area (Å²) in [4.78, 5) is 12.1. The Bertz CT molecular complexity index is 493. The second-order valence-corrected chi connectivity index (χ2v) is 5.43. The molecule has 0 radical (unpaired) electrons. The van der Waals surface area contributed by atoms with Crippen LogP contribution in [0, 0.1) is 0 Å². The van der Waals surface area contributed by atoms with Crippen molar-refractivity contribution in [1.82, 2.24) is 0 Å². The average molecular weight is 292 g/mol. The summed E-state index contributed by atoms with van der Waals surface area (Å²) in [5.41, 5.74) is 7.10. The summed E-state index contributed by atoms with van der Waals surface area (Å²) in [5, 5.41) is 2.91. The van der Waals surface area contributed by atoms with Gasteiger partial charge in [0.05, 0.1) is 18.6 Å². The zero-order valence-corrected chi connectivity index (χ0v) is 12.8. The molecular weight excluding hydrogens is 268 g/mol. The van der Waals surface area contributed by atoms with E-state index >= 15 is 0 Å². The highest BCUT2D eigenvalue weighted by molar-refractivity contribution is 5.91. The highest BCUT2D eigenvalue weighted by Gasteiger charge is 2.38. The summed E-state index contributed by atoms with van der Waals surface area (Å²) in [6.45, 7) is 2.90. The van der Waals surface area contributed by atoms with E-state index in [1.165, 1.54) is 0 Å². The van der Waals surface area contributed by atoms with Gasteiger partial charge in [0, 0.05) is 24.9 Å². The van der Waals surface area contributed by atoms with Crippen LogP contribution in [0.5, 0.6) is 5.75 Å². The van der Waals surface area contributed by atoms with Gasteiger partial charge in [0.2, 0.25) is 5.91 Å². The smallest absolute Gasteiger partial charge is 0.227 e. The molecule has 0 aromatic heterocycles. The summed E-state index contributed by atoms with van der Waals surface area (Å²) < 4.78 is 11.0. The van der Waals surface area contributed by atoms with Crippen molar-refractivity contribution < 1.29 is 14.3 Å². The fourth-order valence-electron chi connectivity index (χ4n) is 2.64. The van der Waals surface area contributed by atoms with Crippen LogP contribution in [0.3, 0.4) is 0 Å². The minimum absolute atomic E-state index is 0.0244. The van der Waals surface area contributed by atoms with Gasteiger partial charge in [-0.2, -0.15) is 0 Å². The van der Waals surface area contributed by atoms with Gasteiger partial charge >= 0.3 is 0 Å². The predicted octanol–water partition coefficient (Wildman–Crippen LogP) is 2.44. The number of ether oxygens (including phenoxy) is 2. The maximum atomic E-state index is 12.1. The fourth-order valence-corrected chi connectivity index (χ4v) is 2.64. The largest absolute Gasteiger partial charge is 0.494 e. The molecule has 5 heteroatoms. The molecule has 0 spiro atoms. The molecule has 0 atom stereocenters. The molecule has 1 amide bonds. The third kappa shape index (κ3) is 3.74. The van der Waals surface area contributed by atoms with Crippen LogP contribution in [-0.2, 0) is 16.1 Å². The van der Waals surface area contributed by atoms with Crippen LogP contribution in [-0.4, -0.2) is 25.2 Å². The summed E-state index contributed by atoms with van der Waals surface area (Å²) in [5.74, 6) is 0.744. The number of hydrogen-bond donors (Lipinski definition) is 2. The number of carbonyl (C=O) groups excluding carboxylic acids is 1. The molecule has 1 aliphatic carbocycles. The first kappa shape index (κ1) is 15.8. The summed E-state index contributed by atoms with van der Waals surface area (Å²) in [7, 11) is 1.68. The maximum absolute atomic E-state index is 12.1. The van der Waals surface area contributed by atoms with Gasteiger partial charge in [0.25, 0.3) is 0 Å². The molecule has 1 aromatic rings. The molecule has 116 valence electrons. The molecule has 1 aliphatic rings. The maximum Gasteiger partial charge on any atom is 0.227 e. The van der Waals surface area contributed by atoms with E-state index in [1.54, 1.807) is 7.11 Å². The highest BCUT2D eigenvalue weighted by atomic mass is 16.5. The molecule has 3 N–H and O–H groups in total. The third-order valence-corrected chi connectivity index (χ3v) is 4.04. The van der Waals surface area contributed by atoms with Crippen molar-refractivity contribution in [3.8, 4) is 5.75 Å². The monoisotopic (exact) mass is 292 g/mol. The van der Waals surface area contributed by atoms with Crippen molar-refractivity contribution in [2.75, 3.05) is 19.0 Å². The minimum Gasteiger partial charge on any atom is -0.494 e. The number of nitrogens with two attached hydrogens (primary N) is 1. The Morgan fingerprint density at radius 1 is 1.43 bits per heavy atom. The summed E-state index contributed by atoms with van der Waals surface area (Å²) in [6.07, 6.45) is 3.43. The molecule has 0 heterocycles. The van der Waals surface area contributed by atoms with Crippen molar-refractivity contribution in [3.05, 3.63) is 23.8 Å². The van der Waals surface area contributed by atoms with Gasteiger partial charge < -0.3 is 20.5 Å². The molecule has 0 aliphatic heterocycles. The van der Waals surface area contributed by atoms with E-state index in [9.17, 15) is 4.79 Å². The van der Waals surface area contributed by atoms with E-state index in [4.69, 9.17) is 15.2 Å². The SMILES string of the molecule is CCOc1ccc(NC(=O)CC2(OC)CCC2)cc1CN. The number of hydrogen-bond acceptors (Lipinski definition) is 4. The standard InChI is InChI=1S/C16H24N2O3/c1-3-21-14-6-5-13(9-12(14)11-17)18-15(19)10-16(20-2)7-4-8-16/h5-6,9H,3-4,7-8,10-11,17H2,1-2H3,(H,18,19). The summed E-state index contributed by atoms with van der Waals surface area (Å²) >= 11 is 0. The van der Waals surface area contributed by atoms with Gasteiger partial charge in [-0.1, -0.05) is 0 Å². The zero-order valence-electron chi connectivity index (χ0n) is 12.8. The van der Waals surface area contributed by atoms with E-state index in [2.05, 4.69) is 5.32 Å². The first-order chi connectivity index (χ1) is 10.1. The Balaban J connectivity index is 2.00. The second kappa shape index (κ2) is 6.91. The highest BCUT2D eigenvalue weighted by Crippen LogP contribution is 2.38. The van der Waals surface area contributed by atoms with Gasteiger partial charge in [-0.25, -0.2) is 0 Å². The number of benzene rings is 1. The molecule has 0 unspecified atom stereocenters. The van der Waals surface area contributed by atoms with Crippen molar-refractivity contribution >= 4 is 11.6 Å². The van der Waals surface area contributed by atoms with E-state index in [-0.39, 0.29) is 11.5 Å². The number of carbonyl (C=O) groups is 1. The van der Waals surface area contributed by atoms with Crippen LogP contribution < -0.4 is 15.8 Å². The first-order valence-corrected chi connectivity index (χ1v) is 7.43. The lowest BCUT2D eigenvalue weighted by atomic mass is 9.77. The van der Waals surface area contributed by atoms with Crippen LogP contribution >= 0.6 is 0 Å². The quantitative estimate of drug-likeness (QED) is 0.809. The molecule has 1 fully saturated rings. The van der Waals surface area contributed by atoms with E-state index < -0.39 is 0 Å². The van der Waals surface area contributed by atoms with Crippen molar-refractivity contribution in [3.63, 3.8) is 0 Å². The Labute approximate surface area is 125 Å². The van der Waals surface area contributed by atoms with Crippen LogP contribution in [0.1, 0.15) is 38.2 Å². The minimum atomic E-state index is -0.258. The topological polar surface area (TPSA) is 73.6 Å². The molecule has 0 bridgehead atoms. The Morgan fingerprint density at radius 2 is 2.19 bits per heavy atom. The van der Waals surface area contributed by atoms with E-state index in [1.807, 2.05) is 25.1 Å². The second-order valence-electron chi connectivity index (χ2n) is 5.43. The van der Waals surface area contributed by atoms with Crippen LogP contribution in [0.2, 0.25) is 0 Å². The third-order valence-electron chi connectivity index (χ3n) is 4.04. The van der Waals surface area contributed by atoms with Gasteiger partial charge in [-0.15, -0.1) is 0 Å². The van der Waals surface area contributed by atoms with Crippen LogP contribution in [0.25, 0.3) is 0 Å². The fraction of sp³-hybridized carbons (Fsp3) is 0.562. The van der Waals surface area contributed by atoms with Crippen LogP contribution in [0.15, 0.2) is 18.2 Å². The van der Waals surface area contributed by atoms with Crippen LogP contribution in [0.4, 0.5) is 5.69 Å². The zero-order chi connectivity index (χ0) is 15.3. The molecule has 1 saturated carbocycles. The molecular formula is C16H24N2O3.